The number of benzene rings is 1. The standard InChI is InChI=1S/C15H10ClN5O/c16-10-5-3-9(4-6-10)15-18-13(14(22-15)8-1-2-8)12-11(7-17)19-21-20-12/h3-6,8H,1-2H2,(H,19,20,21). The van der Waals surface area contributed by atoms with Gasteiger partial charge < -0.3 is 4.42 Å². The highest BCUT2D eigenvalue weighted by Crippen LogP contribution is 2.45. The quantitative estimate of drug-likeness (QED) is 0.799. The molecule has 0 unspecified atom stereocenters. The second-order valence-electron chi connectivity index (χ2n) is 5.16. The maximum atomic E-state index is 9.13. The summed E-state index contributed by atoms with van der Waals surface area (Å²) in [6.45, 7) is 0. The van der Waals surface area contributed by atoms with Gasteiger partial charge >= 0.3 is 0 Å². The predicted octanol–water partition coefficient (Wildman–Crippen LogP) is 3.53. The zero-order chi connectivity index (χ0) is 15.1. The number of halogens is 1. The molecule has 0 atom stereocenters. The van der Waals surface area contributed by atoms with Crippen LogP contribution in [0.1, 0.15) is 30.2 Å². The van der Waals surface area contributed by atoms with E-state index in [-0.39, 0.29) is 5.69 Å². The van der Waals surface area contributed by atoms with Gasteiger partial charge in [-0.25, -0.2) is 10.1 Å². The van der Waals surface area contributed by atoms with Gasteiger partial charge in [0.15, 0.2) is 11.4 Å². The number of oxazole rings is 1. The average Bonchev–Trinajstić information content (AvgIpc) is 3.11. The highest BCUT2D eigenvalue weighted by atomic mass is 35.5. The van der Waals surface area contributed by atoms with Crippen LogP contribution in [0.3, 0.4) is 0 Å². The first-order valence-corrected chi connectivity index (χ1v) is 7.22. The van der Waals surface area contributed by atoms with E-state index in [9.17, 15) is 0 Å². The third-order valence-corrected chi connectivity index (χ3v) is 3.83. The lowest BCUT2D eigenvalue weighted by atomic mass is 10.2. The van der Waals surface area contributed by atoms with Crippen LogP contribution in [-0.2, 0) is 0 Å². The van der Waals surface area contributed by atoms with E-state index < -0.39 is 0 Å². The molecule has 0 spiro atoms. The predicted molar refractivity (Wildman–Crippen MR) is 79.0 cm³/mol. The van der Waals surface area contributed by atoms with Crippen LogP contribution in [0.4, 0.5) is 0 Å². The molecule has 1 N–H and O–H groups in total. The van der Waals surface area contributed by atoms with E-state index in [1.807, 2.05) is 18.2 Å². The van der Waals surface area contributed by atoms with Gasteiger partial charge in [0.1, 0.15) is 17.5 Å². The molecule has 108 valence electrons. The van der Waals surface area contributed by atoms with Crippen molar-refractivity contribution < 1.29 is 4.42 Å². The summed E-state index contributed by atoms with van der Waals surface area (Å²) in [5, 5.41) is 20.0. The van der Waals surface area contributed by atoms with E-state index in [2.05, 4.69) is 20.4 Å². The molecular weight excluding hydrogens is 302 g/mol. The van der Waals surface area contributed by atoms with Crippen molar-refractivity contribution in [2.75, 3.05) is 0 Å². The number of aromatic amines is 1. The van der Waals surface area contributed by atoms with Crippen molar-refractivity contribution in [1.82, 2.24) is 20.4 Å². The lowest BCUT2D eigenvalue weighted by Gasteiger charge is -1.95. The summed E-state index contributed by atoms with van der Waals surface area (Å²) in [5.41, 5.74) is 2.16. The summed E-state index contributed by atoms with van der Waals surface area (Å²) in [5.74, 6) is 1.61. The van der Waals surface area contributed by atoms with E-state index in [4.69, 9.17) is 21.3 Å². The normalized spacial score (nSPS) is 14.0. The van der Waals surface area contributed by atoms with Crippen molar-refractivity contribution in [3.63, 3.8) is 0 Å². The molecule has 1 aromatic carbocycles. The van der Waals surface area contributed by atoms with Crippen LogP contribution in [0.15, 0.2) is 28.7 Å². The molecule has 0 bridgehead atoms. The molecule has 22 heavy (non-hydrogen) atoms. The molecule has 7 heteroatoms. The molecule has 1 fully saturated rings. The number of nitrogens with one attached hydrogen (secondary N) is 1. The number of H-pyrrole nitrogens is 1. The van der Waals surface area contributed by atoms with Gasteiger partial charge in [-0.1, -0.05) is 16.8 Å². The minimum absolute atomic E-state index is 0.290. The third-order valence-electron chi connectivity index (χ3n) is 3.58. The van der Waals surface area contributed by atoms with Crippen molar-refractivity contribution >= 4 is 11.6 Å². The molecule has 1 aliphatic carbocycles. The molecule has 0 radical (unpaired) electrons. The molecular formula is C15H10ClN5O. The average molecular weight is 312 g/mol. The fourth-order valence-corrected chi connectivity index (χ4v) is 2.44. The first kappa shape index (κ1) is 13.0. The molecule has 0 amide bonds. The van der Waals surface area contributed by atoms with Crippen LogP contribution < -0.4 is 0 Å². The second kappa shape index (κ2) is 4.97. The maximum Gasteiger partial charge on any atom is 0.226 e. The maximum absolute atomic E-state index is 9.13. The van der Waals surface area contributed by atoms with E-state index >= 15 is 0 Å². The Hall–Kier alpha value is -2.65. The molecule has 0 saturated heterocycles. The summed E-state index contributed by atoms with van der Waals surface area (Å²) < 4.78 is 5.94. The summed E-state index contributed by atoms with van der Waals surface area (Å²) in [7, 11) is 0. The topological polar surface area (TPSA) is 91.4 Å². The van der Waals surface area contributed by atoms with Crippen molar-refractivity contribution in [3.8, 4) is 28.9 Å². The highest BCUT2D eigenvalue weighted by Gasteiger charge is 2.33. The monoisotopic (exact) mass is 311 g/mol. The Labute approximate surface area is 130 Å². The van der Waals surface area contributed by atoms with Crippen molar-refractivity contribution in [3.05, 3.63) is 40.7 Å². The van der Waals surface area contributed by atoms with Gasteiger partial charge in [0.2, 0.25) is 5.89 Å². The zero-order valence-corrected chi connectivity index (χ0v) is 12.1. The summed E-state index contributed by atoms with van der Waals surface area (Å²) >= 11 is 5.91. The summed E-state index contributed by atoms with van der Waals surface area (Å²) in [6, 6.07) is 9.31. The van der Waals surface area contributed by atoms with E-state index in [1.165, 1.54) is 0 Å². The number of hydrogen-bond donors (Lipinski definition) is 1. The third kappa shape index (κ3) is 2.16. The number of rotatable bonds is 3. The molecule has 3 aromatic rings. The minimum Gasteiger partial charge on any atom is -0.440 e. The molecule has 6 nitrogen and oxygen atoms in total. The summed E-state index contributed by atoms with van der Waals surface area (Å²) in [6.07, 6.45) is 2.12. The van der Waals surface area contributed by atoms with Gasteiger partial charge in [-0.3, -0.25) is 0 Å². The van der Waals surface area contributed by atoms with E-state index in [0.717, 1.165) is 24.2 Å². The Morgan fingerprint density at radius 1 is 1.23 bits per heavy atom. The van der Waals surface area contributed by atoms with Gasteiger partial charge in [-0.05, 0) is 37.1 Å². The first-order chi connectivity index (χ1) is 10.8. The SMILES string of the molecule is N#Cc1[nH]nnc1-c1nc(-c2ccc(Cl)cc2)oc1C1CC1. The van der Waals surface area contributed by atoms with Crippen LogP contribution in [-0.4, -0.2) is 20.4 Å². The van der Waals surface area contributed by atoms with Gasteiger partial charge in [0, 0.05) is 16.5 Å². The lowest BCUT2D eigenvalue weighted by molar-refractivity contribution is 0.521. The number of aromatic nitrogens is 4. The Bertz CT molecular complexity index is 870. The van der Waals surface area contributed by atoms with Crippen LogP contribution in [0.2, 0.25) is 5.02 Å². The smallest absolute Gasteiger partial charge is 0.226 e. The van der Waals surface area contributed by atoms with Gasteiger partial charge in [-0.15, -0.1) is 5.10 Å². The lowest BCUT2D eigenvalue weighted by Crippen LogP contribution is -1.88. The number of nitriles is 1. The van der Waals surface area contributed by atoms with E-state index in [1.54, 1.807) is 12.1 Å². The summed E-state index contributed by atoms with van der Waals surface area (Å²) in [4.78, 5) is 4.54. The van der Waals surface area contributed by atoms with Crippen LogP contribution >= 0.6 is 11.6 Å². The largest absolute Gasteiger partial charge is 0.440 e. The number of nitrogens with zero attached hydrogens (tertiary/aromatic N) is 4. The Balaban J connectivity index is 1.85. The van der Waals surface area contributed by atoms with Gasteiger partial charge in [-0.2, -0.15) is 5.26 Å². The molecule has 2 heterocycles. The molecule has 4 rings (SSSR count). The van der Waals surface area contributed by atoms with Gasteiger partial charge in [0.05, 0.1) is 0 Å². The first-order valence-electron chi connectivity index (χ1n) is 6.84. The Kier molecular flexibility index (Phi) is 2.94. The fourth-order valence-electron chi connectivity index (χ4n) is 2.31. The number of hydrogen-bond acceptors (Lipinski definition) is 5. The zero-order valence-electron chi connectivity index (χ0n) is 11.4. The second-order valence-corrected chi connectivity index (χ2v) is 5.60. The minimum atomic E-state index is 0.290. The highest BCUT2D eigenvalue weighted by molar-refractivity contribution is 6.30. The van der Waals surface area contributed by atoms with Crippen LogP contribution in [0.25, 0.3) is 22.8 Å². The van der Waals surface area contributed by atoms with Gasteiger partial charge in [0.25, 0.3) is 0 Å². The van der Waals surface area contributed by atoms with E-state index in [0.29, 0.717) is 28.2 Å². The molecule has 1 aliphatic rings. The fraction of sp³-hybridized carbons (Fsp3) is 0.200. The molecule has 1 saturated carbocycles. The Morgan fingerprint density at radius 3 is 2.68 bits per heavy atom. The van der Waals surface area contributed by atoms with Crippen LogP contribution in [0, 0.1) is 11.3 Å². The molecule has 2 aromatic heterocycles. The van der Waals surface area contributed by atoms with Crippen molar-refractivity contribution in [1.29, 1.82) is 5.26 Å². The van der Waals surface area contributed by atoms with Crippen molar-refractivity contribution in [2.24, 2.45) is 0 Å². The Morgan fingerprint density at radius 2 is 2.00 bits per heavy atom. The molecule has 0 aliphatic heterocycles. The van der Waals surface area contributed by atoms with Crippen LogP contribution in [0.5, 0.6) is 0 Å². The van der Waals surface area contributed by atoms with Crippen molar-refractivity contribution in [2.45, 2.75) is 18.8 Å².